The molecule has 1 saturated heterocycles. The molecular weight excluding hydrogens is 240 g/mol. The Kier molecular flexibility index (Phi) is 3.82. The molecule has 1 aromatic carbocycles. The average molecular weight is 257 g/mol. The van der Waals surface area contributed by atoms with Crippen molar-refractivity contribution in [2.24, 2.45) is 0 Å². The van der Waals surface area contributed by atoms with Crippen LogP contribution in [-0.4, -0.2) is 30.4 Å². The molecule has 0 aliphatic carbocycles. The summed E-state index contributed by atoms with van der Waals surface area (Å²) in [5.74, 6) is -1.28. The van der Waals surface area contributed by atoms with Crippen LogP contribution < -0.4 is 4.90 Å². The van der Waals surface area contributed by atoms with Crippen molar-refractivity contribution in [3.63, 3.8) is 0 Å². The lowest BCUT2D eigenvalue weighted by Gasteiger charge is -2.37. The number of nitrogens with zero attached hydrogens (tertiary/aromatic N) is 1. The summed E-state index contributed by atoms with van der Waals surface area (Å²) in [5.41, 5.74) is 0.206. The van der Waals surface area contributed by atoms with Crippen LogP contribution in [0.1, 0.15) is 19.4 Å². The van der Waals surface area contributed by atoms with Gasteiger partial charge in [0.1, 0.15) is 17.3 Å². The molecule has 0 bridgehead atoms. The van der Waals surface area contributed by atoms with Gasteiger partial charge in [-0.15, -0.1) is 0 Å². The second kappa shape index (κ2) is 5.20. The van der Waals surface area contributed by atoms with E-state index in [0.717, 1.165) is 0 Å². The van der Waals surface area contributed by atoms with Gasteiger partial charge in [0, 0.05) is 13.1 Å². The minimum atomic E-state index is -0.639. The Morgan fingerprint density at radius 2 is 1.72 bits per heavy atom. The number of hydrogen-bond donors (Lipinski definition) is 1. The molecular formula is C13H17F2NO2. The molecule has 18 heavy (non-hydrogen) atoms. The minimum absolute atomic E-state index is 0.0331. The molecule has 1 aliphatic rings. The molecule has 0 radical (unpaired) electrons. The van der Waals surface area contributed by atoms with Gasteiger partial charge in [-0.3, -0.25) is 0 Å². The van der Waals surface area contributed by atoms with Crippen molar-refractivity contribution in [1.29, 1.82) is 0 Å². The lowest BCUT2D eigenvalue weighted by atomic mass is 10.1. The zero-order chi connectivity index (χ0) is 13.3. The zero-order valence-electron chi connectivity index (χ0n) is 10.5. The van der Waals surface area contributed by atoms with E-state index in [1.165, 1.54) is 12.1 Å². The van der Waals surface area contributed by atoms with Gasteiger partial charge in [-0.05, 0) is 31.5 Å². The number of aliphatic hydroxyl groups is 1. The van der Waals surface area contributed by atoms with Crippen molar-refractivity contribution in [3.05, 3.63) is 29.3 Å². The van der Waals surface area contributed by atoms with Gasteiger partial charge in [0.25, 0.3) is 0 Å². The number of rotatable bonds is 2. The summed E-state index contributed by atoms with van der Waals surface area (Å²) in [7, 11) is 0. The van der Waals surface area contributed by atoms with Crippen LogP contribution in [0.15, 0.2) is 12.1 Å². The topological polar surface area (TPSA) is 32.7 Å². The molecule has 1 heterocycles. The predicted molar refractivity (Wildman–Crippen MR) is 64.5 cm³/mol. The molecule has 0 spiro atoms. The Labute approximate surface area is 105 Å². The van der Waals surface area contributed by atoms with E-state index in [4.69, 9.17) is 9.84 Å². The minimum Gasteiger partial charge on any atom is -0.392 e. The molecule has 5 heteroatoms. The third-order valence-electron chi connectivity index (χ3n) is 3.00. The molecule has 3 nitrogen and oxygen atoms in total. The van der Waals surface area contributed by atoms with Crippen molar-refractivity contribution in [2.45, 2.75) is 32.7 Å². The molecule has 2 rings (SSSR count). The summed E-state index contributed by atoms with van der Waals surface area (Å²) in [4.78, 5) is 1.66. The van der Waals surface area contributed by atoms with E-state index in [1.54, 1.807) is 4.90 Å². The van der Waals surface area contributed by atoms with Crippen LogP contribution in [0, 0.1) is 11.6 Å². The Balaban J connectivity index is 2.32. The lowest BCUT2D eigenvalue weighted by Crippen LogP contribution is -2.46. The summed E-state index contributed by atoms with van der Waals surface area (Å²) in [6, 6.07) is 2.34. The Bertz CT molecular complexity index is 406. The van der Waals surface area contributed by atoms with Gasteiger partial charge in [-0.2, -0.15) is 0 Å². The maximum atomic E-state index is 13.9. The van der Waals surface area contributed by atoms with Crippen LogP contribution in [0.25, 0.3) is 0 Å². The van der Waals surface area contributed by atoms with Gasteiger partial charge in [0.2, 0.25) is 0 Å². The summed E-state index contributed by atoms with van der Waals surface area (Å²) in [5, 5.41) is 8.90. The third kappa shape index (κ3) is 2.62. The first-order valence-electron chi connectivity index (χ1n) is 6.00. The van der Waals surface area contributed by atoms with Crippen LogP contribution in [0.5, 0.6) is 0 Å². The number of hydrogen-bond acceptors (Lipinski definition) is 3. The Morgan fingerprint density at radius 3 is 2.17 bits per heavy atom. The number of ether oxygens (including phenoxy) is 1. The number of benzene rings is 1. The summed E-state index contributed by atoms with van der Waals surface area (Å²) >= 11 is 0. The van der Waals surface area contributed by atoms with Crippen LogP contribution in [-0.2, 0) is 11.3 Å². The van der Waals surface area contributed by atoms with E-state index < -0.39 is 11.6 Å². The molecule has 0 aromatic heterocycles. The van der Waals surface area contributed by atoms with E-state index in [0.29, 0.717) is 13.1 Å². The monoisotopic (exact) mass is 257 g/mol. The fourth-order valence-electron chi connectivity index (χ4n) is 2.37. The number of halogens is 2. The fraction of sp³-hybridized carbons (Fsp3) is 0.538. The summed E-state index contributed by atoms with van der Waals surface area (Å²) < 4.78 is 33.3. The highest BCUT2D eigenvalue weighted by Gasteiger charge is 2.26. The second-order valence-corrected chi connectivity index (χ2v) is 4.73. The molecule has 100 valence electrons. The van der Waals surface area contributed by atoms with Gasteiger partial charge < -0.3 is 14.7 Å². The highest BCUT2D eigenvalue weighted by atomic mass is 19.1. The van der Waals surface area contributed by atoms with Crippen molar-refractivity contribution in [3.8, 4) is 0 Å². The summed E-state index contributed by atoms with van der Waals surface area (Å²) in [6.07, 6.45) is -0.130. The van der Waals surface area contributed by atoms with Gasteiger partial charge in [-0.1, -0.05) is 0 Å². The maximum Gasteiger partial charge on any atom is 0.149 e. The molecule has 1 fully saturated rings. The Morgan fingerprint density at radius 1 is 1.22 bits per heavy atom. The molecule has 1 N–H and O–H groups in total. The normalized spacial score (nSPS) is 24.4. The molecule has 0 unspecified atom stereocenters. The third-order valence-corrected chi connectivity index (χ3v) is 3.00. The predicted octanol–water partition coefficient (Wildman–Crippen LogP) is 2.07. The first-order valence-corrected chi connectivity index (χ1v) is 6.00. The van der Waals surface area contributed by atoms with Gasteiger partial charge in [0.15, 0.2) is 0 Å². The average Bonchev–Trinajstić information content (AvgIpc) is 2.26. The van der Waals surface area contributed by atoms with Crippen LogP contribution in [0.3, 0.4) is 0 Å². The number of aliphatic hydroxyl groups excluding tert-OH is 1. The van der Waals surface area contributed by atoms with E-state index in [9.17, 15) is 8.78 Å². The van der Waals surface area contributed by atoms with E-state index >= 15 is 0 Å². The molecule has 1 aliphatic heterocycles. The first-order chi connectivity index (χ1) is 8.51. The van der Waals surface area contributed by atoms with Gasteiger partial charge in [-0.25, -0.2) is 8.78 Å². The van der Waals surface area contributed by atoms with Gasteiger partial charge in [0.05, 0.1) is 18.8 Å². The highest BCUT2D eigenvalue weighted by molar-refractivity contribution is 5.51. The van der Waals surface area contributed by atoms with Crippen LogP contribution >= 0.6 is 0 Å². The summed E-state index contributed by atoms with van der Waals surface area (Å²) in [6.45, 7) is 4.29. The van der Waals surface area contributed by atoms with Crippen LogP contribution in [0.4, 0.5) is 14.5 Å². The van der Waals surface area contributed by atoms with Crippen molar-refractivity contribution < 1.29 is 18.6 Å². The fourth-order valence-corrected chi connectivity index (χ4v) is 2.37. The highest BCUT2D eigenvalue weighted by Crippen LogP contribution is 2.27. The van der Waals surface area contributed by atoms with E-state index in [2.05, 4.69) is 0 Å². The number of anilines is 1. The largest absolute Gasteiger partial charge is 0.392 e. The van der Waals surface area contributed by atoms with Crippen molar-refractivity contribution in [2.75, 3.05) is 18.0 Å². The van der Waals surface area contributed by atoms with E-state index in [-0.39, 0.29) is 30.1 Å². The SMILES string of the molecule is C[C@@H]1CN(c2c(F)cc(CO)cc2F)C[C@H](C)O1. The Hall–Kier alpha value is -1.20. The zero-order valence-corrected chi connectivity index (χ0v) is 10.5. The first kappa shape index (κ1) is 13.2. The molecule has 0 amide bonds. The second-order valence-electron chi connectivity index (χ2n) is 4.73. The van der Waals surface area contributed by atoms with Crippen molar-refractivity contribution >= 4 is 5.69 Å². The number of morpholine rings is 1. The maximum absolute atomic E-state index is 13.9. The standard InChI is InChI=1S/C13H17F2NO2/c1-8-5-16(6-9(2)18-8)13-11(14)3-10(7-17)4-12(13)15/h3-4,8-9,17H,5-7H2,1-2H3/t8-,9+. The molecule has 2 atom stereocenters. The van der Waals surface area contributed by atoms with E-state index in [1.807, 2.05) is 13.8 Å². The quantitative estimate of drug-likeness (QED) is 0.880. The van der Waals surface area contributed by atoms with Crippen molar-refractivity contribution in [1.82, 2.24) is 0 Å². The molecule has 1 aromatic rings. The lowest BCUT2D eigenvalue weighted by molar-refractivity contribution is -0.00558. The smallest absolute Gasteiger partial charge is 0.149 e. The van der Waals surface area contributed by atoms with Crippen LogP contribution in [0.2, 0.25) is 0 Å². The van der Waals surface area contributed by atoms with Gasteiger partial charge >= 0.3 is 0 Å². The molecule has 0 saturated carbocycles.